The van der Waals surface area contributed by atoms with Crippen molar-refractivity contribution in [2.75, 3.05) is 20.8 Å². The second-order valence-electron chi connectivity index (χ2n) is 6.68. The van der Waals surface area contributed by atoms with Crippen LogP contribution in [0.5, 0.6) is 11.5 Å². The van der Waals surface area contributed by atoms with Gasteiger partial charge in [0.05, 0.1) is 25.3 Å². The summed E-state index contributed by atoms with van der Waals surface area (Å²) in [7, 11) is 3.20. The fourth-order valence-corrected chi connectivity index (χ4v) is 3.46. The average molecular weight is 399 g/mol. The molecule has 1 heterocycles. The lowest BCUT2D eigenvalue weighted by Gasteiger charge is -2.11. The minimum atomic E-state index is -0.237. The van der Waals surface area contributed by atoms with Crippen molar-refractivity contribution in [2.45, 2.75) is 20.3 Å². The van der Waals surface area contributed by atoms with Gasteiger partial charge in [-0.2, -0.15) is 0 Å². The van der Waals surface area contributed by atoms with E-state index in [1.807, 2.05) is 38.1 Å². The normalized spacial score (nSPS) is 10.8. The fourth-order valence-electron chi connectivity index (χ4n) is 3.24. The van der Waals surface area contributed by atoms with Crippen LogP contribution in [0.25, 0.3) is 10.9 Å². The standard InChI is InChI=1S/C22H23ClN2O3/c1-13-9-14(2)20-16(10-13)12-17(21(23)25-20)22(26)24-8-7-15-5-6-18(27-3)19(11-15)28-4/h5-6,9-12H,7-8H2,1-4H3,(H,24,26). The average Bonchev–Trinajstić information content (AvgIpc) is 2.67. The van der Waals surface area contributed by atoms with Gasteiger partial charge in [0.25, 0.3) is 5.91 Å². The van der Waals surface area contributed by atoms with Crippen LogP contribution in [0.2, 0.25) is 5.15 Å². The number of aryl methyl sites for hydroxylation is 2. The SMILES string of the molecule is COc1ccc(CCNC(=O)c2cc3cc(C)cc(C)c3nc2Cl)cc1OC. The van der Waals surface area contributed by atoms with Gasteiger partial charge in [-0.05, 0) is 55.7 Å². The number of carbonyl (C=O) groups excluding carboxylic acids is 1. The van der Waals surface area contributed by atoms with E-state index in [0.717, 1.165) is 27.6 Å². The van der Waals surface area contributed by atoms with Crippen molar-refractivity contribution >= 4 is 28.4 Å². The Morgan fingerprint density at radius 1 is 1.07 bits per heavy atom. The van der Waals surface area contributed by atoms with E-state index in [2.05, 4.69) is 16.4 Å². The third-order valence-corrected chi connectivity index (χ3v) is 4.89. The molecule has 3 aromatic rings. The van der Waals surface area contributed by atoms with Crippen molar-refractivity contribution in [3.8, 4) is 11.5 Å². The summed E-state index contributed by atoms with van der Waals surface area (Å²) in [6.45, 7) is 4.47. The van der Waals surface area contributed by atoms with Crippen LogP contribution >= 0.6 is 11.6 Å². The first kappa shape index (κ1) is 20.0. The Hall–Kier alpha value is -2.79. The lowest BCUT2D eigenvalue weighted by Crippen LogP contribution is -2.26. The molecule has 0 saturated heterocycles. The van der Waals surface area contributed by atoms with Gasteiger partial charge in [0.15, 0.2) is 11.5 Å². The monoisotopic (exact) mass is 398 g/mol. The summed E-state index contributed by atoms with van der Waals surface area (Å²) in [5.41, 5.74) is 4.39. The summed E-state index contributed by atoms with van der Waals surface area (Å²) in [6, 6.07) is 11.6. The molecular formula is C22H23ClN2O3. The molecule has 2 aromatic carbocycles. The molecule has 1 aromatic heterocycles. The van der Waals surface area contributed by atoms with E-state index in [1.54, 1.807) is 20.3 Å². The number of nitrogens with zero attached hydrogens (tertiary/aromatic N) is 1. The van der Waals surface area contributed by atoms with Gasteiger partial charge in [-0.3, -0.25) is 4.79 Å². The number of rotatable bonds is 6. The molecule has 0 unspecified atom stereocenters. The predicted octanol–water partition coefficient (Wildman–Crippen LogP) is 4.49. The lowest BCUT2D eigenvalue weighted by atomic mass is 10.1. The van der Waals surface area contributed by atoms with Crippen LogP contribution in [0.3, 0.4) is 0 Å². The third kappa shape index (κ3) is 4.20. The molecule has 0 aliphatic carbocycles. The number of fused-ring (bicyclic) bond motifs is 1. The van der Waals surface area contributed by atoms with Gasteiger partial charge in [0, 0.05) is 11.9 Å². The number of aromatic nitrogens is 1. The number of ether oxygens (including phenoxy) is 2. The highest BCUT2D eigenvalue weighted by Crippen LogP contribution is 2.28. The highest BCUT2D eigenvalue weighted by Gasteiger charge is 2.14. The van der Waals surface area contributed by atoms with Crippen molar-refractivity contribution in [2.24, 2.45) is 0 Å². The molecule has 0 saturated carbocycles. The Morgan fingerprint density at radius 2 is 1.82 bits per heavy atom. The van der Waals surface area contributed by atoms with Crippen molar-refractivity contribution in [3.63, 3.8) is 0 Å². The van der Waals surface area contributed by atoms with Crippen LogP contribution in [0.4, 0.5) is 0 Å². The molecule has 0 aliphatic rings. The Balaban J connectivity index is 1.72. The van der Waals surface area contributed by atoms with Crippen LogP contribution in [0.15, 0.2) is 36.4 Å². The molecule has 0 spiro atoms. The number of halogens is 1. The van der Waals surface area contributed by atoms with Crippen LogP contribution in [0, 0.1) is 13.8 Å². The summed E-state index contributed by atoms with van der Waals surface area (Å²) in [4.78, 5) is 17.0. The van der Waals surface area contributed by atoms with Crippen molar-refractivity contribution in [1.82, 2.24) is 10.3 Å². The van der Waals surface area contributed by atoms with E-state index in [4.69, 9.17) is 21.1 Å². The molecule has 6 heteroatoms. The highest BCUT2D eigenvalue weighted by molar-refractivity contribution is 6.33. The van der Waals surface area contributed by atoms with Gasteiger partial charge in [-0.15, -0.1) is 0 Å². The van der Waals surface area contributed by atoms with Crippen molar-refractivity contribution < 1.29 is 14.3 Å². The van der Waals surface area contributed by atoms with Crippen LogP contribution in [-0.2, 0) is 6.42 Å². The first-order valence-corrected chi connectivity index (χ1v) is 9.37. The second kappa shape index (κ2) is 8.48. The molecule has 28 heavy (non-hydrogen) atoms. The maximum atomic E-state index is 12.6. The molecule has 0 bridgehead atoms. The number of benzene rings is 2. The molecule has 0 radical (unpaired) electrons. The molecule has 1 N–H and O–H groups in total. The number of nitrogens with one attached hydrogen (secondary N) is 1. The summed E-state index contributed by atoms with van der Waals surface area (Å²) < 4.78 is 10.6. The van der Waals surface area contributed by atoms with E-state index in [1.165, 1.54) is 0 Å². The number of amides is 1. The zero-order chi connectivity index (χ0) is 20.3. The first-order valence-electron chi connectivity index (χ1n) is 8.99. The van der Waals surface area contributed by atoms with Gasteiger partial charge >= 0.3 is 0 Å². The van der Waals surface area contributed by atoms with Crippen LogP contribution in [-0.4, -0.2) is 31.7 Å². The van der Waals surface area contributed by atoms with Crippen molar-refractivity contribution in [3.05, 3.63) is 63.8 Å². The van der Waals surface area contributed by atoms with Crippen LogP contribution < -0.4 is 14.8 Å². The summed E-state index contributed by atoms with van der Waals surface area (Å²) in [5, 5.41) is 4.03. The number of methoxy groups -OCH3 is 2. The van der Waals surface area contributed by atoms with Crippen molar-refractivity contribution in [1.29, 1.82) is 0 Å². The van der Waals surface area contributed by atoms with E-state index < -0.39 is 0 Å². The van der Waals surface area contributed by atoms with Gasteiger partial charge in [-0.25, -0.2) is 4.98 Å². The summed E-state index contributed by atoms with van der Waals surface area (Å²) in [6.07, 6.45) is 0.656. The Morgan fingerprint density at radius 3 is 2.54 bits per heavy atom. The maximum absolute atomic E-state index is 12.6. The molecule has 0 aliphatic heterocycles. The minimum absolute atomic E-state index is 0.211. The van der Waals surface area contributed by atoms with E-state index in [0.29, 0.717) is 30.0 Å². The summed E-state index contributed by atoms with van der Waals surface area (Å²) >= 11 is 6.28. The Kier molecular flexibility index (Phi) is 6.05. The van der Waals surface area contributed by atoms with Gasteiger partial charge in [0.1, 0.15) is 5.15 Å². The summed E-state index contributed by atoms with van der Waals surface area (Å²) in [5.74, 6) is 1.10. The van der Waals surface area contributed by atoms with Gasteiger partial charge in [-0.1, -0.05) is 29.3 Å². The highest BCUT2D eigenvalue weighted by atomic mass is 35.5. The predicted molar refractivity (Wildman–Crippen MR) is 112 cm³/mol. The molecular weight excluding hydrogens is 376 g/mol. The third-order valence-electron chi connectivity index (χ3n) is 4.60. The zero-order valence-corrected chi connectivity index (χ0v) is 17.2. The molecule has 146 valence electrons. The minimum Gasteiger partial charge on any atom is -0.493 e. The number of carbonyl (C=O) groups is 1. The molecule has 3 rings (SSSR count). The maximum Gasteiger partial charge on any atom is 0.254 e. The largest absolute Gasteiger partial charge is 0.493 e. The van der Waals surface area contributed by atoms with E-state index >= 15 is 0 Å². The number of pyridine rings is 1. The van der Waals surface area contributed by atoms with E-state index in [9.17, 15) is 4.79 Å². The van der Waals surface area contributed by atoms with Gasteiger partial charge in [0.2, 0.25) is 0 Å². The molecule has 1 amide bonds. The smallest absolute Gasteiger partial charge is 0.254 e. The van der Waals surface area contributed by atoms with Gasteiger partial charge < -0.3 is 14.8 Å². The quantitative estimate of drug-likeness (QED) is 0.621. The number of hydrogen-bond acceptors (Lipinski definition) is 4. The second-order valence-corrected chi connectivity index (χ2v) is 7.03. The number of hydrogen-bond donors (Lipinski definition) is 1. The van der Waals surface area contributed by atoms with Crippen LogP contribution in [0.1, 0.15) is 27.0 Å². The topological polar surface area (TPSA) is 60.5 Å². The Labute approximate surface area is 169 Å². The molecule has 0 atom stereocenters. The fraction of sp³-hybridized carbons (Fsp3) is 0.273. The lowest BCUT2D eigenvalue weighted by molar-refractivity contribution is 0.0954. The first-order chi connectivity index (χ1) is 13.4. The molecule has 0 fully saturated rings. The zero-order valence-electron chi connectivity index (χ0n) is 16.4. The Bertz CT molecular complexity index is 1030. The molecule has 5 nitrogen and oxygen atoms in total. The van der Waals surface area contributed by atoms with E-state index in [-0.39, 0.29) is 11.1 Å².